The summed E-state index contributed by atoms with van der Waals surface area (Å²) >= 11 is 1.66. The Morgan fingerprint density at radius 3 is 2.50 bits per heavy atom. The van der Waals surface area contributed by atoms with E-state index in [1.165, 1.54) is 23.0 Å². The Hall–Kier alpha value is -2.21. The van der Waals surface area contributed by atoms with Gasteiger partial charge in [-0.15, -0.1) is 11.8 Å². The number of nitrogens with zero attached hydrogens (tertiary/aromatic N) is 2. The molecule has 1 aromatic carbocycles. The Labute approximate surface area is 144 Å². The fourth-order valence-electron chi connectivity index (χ4n) is 3.22. The molecule has 24 heavy (non-hydrogen) atoms. The summed E-state index contributed by atoms with van der Waals surface area (Å²) in [5, 5.41) is -0.0291. The van der Waals surface area contributed by atoms with Gasteiger partial charge in [0.25, 0.3) is 5.91 Å². The van der Waals surface area contributed by atoms with Gasteiger partial charge in [-0.2, -0.15) is 0 Å². The van der Waals surface area contributed by atoms with Gasteiger partial charge >= 0.3 is 0 Å². The third-order valence-electron chi connectivity index (χ3n) is 4.57. The lowest BCUT2D eigenvalue weighted by atomic mass is 10.1. The summed E-state index contributed by atoms with van der Waals surface area (Å²) < 4.78 is 4.97. The van der Waals surface area contributed by atoms with Crippen molar-refractivity contribution in [2.24, 2.45) is 0 Å². The van der Waals surface area contributed by atoms with Crippen molar-refractivity contribution in [3.63, 3.8) is 0 Å². The summed E-state index contributed by atoms with van der Waals surface area (Å²) in [5.41, 5.74) is 1.83. The number of thioether (sulfide) groups is 1. The first kappa shape index (κ1) is 15.3. The van der Waals surface area contributed by atoms with E-state index in [1.54, 1.807) is 22.7 Å². The predicted molar refractivity (Wildman–Crippen MR) is 91.0 cm³/mol. The number of fused-ring (bicyclic) bond motifs is 1. The molecule has 0 saturated carbocycles. The lowest BCUT2D eigenvalue weighted by Gasteiger charge is -2.35. The third kappa shape index (κ3) is 2.82. The highest BCUT2D eigenvalue weighted by atomic mass is 32.2. The summed E-state index contributed by atoms with van der Waals surface area (Å²) in [7, 11) is 0. The highest BCUT2D eigenvalue weighted by molar-refractivity contribution is 8.01. The van der Waals surface area contributed by atoms with Crippen LogP contribution in [0.3, 0.4) is 0 Å². The fourth-order valence-corrected chi connectivity index (χ4v) is 4.50. The molecule has 3 heterocycles. The summed E-state index contributed by atoms with van der Waals surface area (Å²) in [5.74, 6) is 0.158. The van der Waals surface area contributed by atoms with E-state index in [9.17, 15) is 9.59 Å². The van der Waals surface area contributed by atoms with Gasteiger partial charge in [0.2, 0.25) is 5.91 Å². The van der Waals surface area contributed by atoms with Crippen molar-refractivity contribution in [3.05, 3.63) is 54.0 Å². The van der Waals surface area contributed by atoms with Crippen molar-refractivity contribution in [2.75, 3.05) is 26.2 Å². The SMILES string of the molecule is O=C(c1ccoc1)N1CCN(C(=O)C2Cc3ccccc3S2)CC1. The van der Waals surface area contributed by atoms with Gasteiger partial charge in [-0.05, 0) is 24.1 Å². The summed E-state index contributed by atoms with van der Waals surface area (Å²) in [4.78, 5) is 29.9. The molecular weight excluding hydrogens is 324 g/mol. The molecule has 1 fully saturated rings. The van der Waals surface area contributed by atoms with Gasteiger partial charge in [-0.3, -0.25) is 9.59 Å². The molecule has 5 nitrogen and oxygen atoms in total. The molecule has 1 saturated heterocycles. The second-order valence-corrected chi connectivity index (χ2v) is 7.29. The Bertz CT molecular complexity index is 726. The standard InChI is InChI=1S/C18H18N2O3S/c21-17(14-5-10-23-12-14)19-6-8-20(9-7-19)18(22)16-11-13-3-1-2-4-15(13)24-16/h1-5,10,12,16H,6-9,11H2. The second-order valence-electron chi connectivity index (χ2n) is 6.05. The van der Waals surface area contributed by atoms with Crippen LogP contribution >= 0.6 is 11.8 Å². The number of carbonyl (C=O) groups excluding carboxylic acids is 2. The van der Waals surface area contributed by atoms with Crippen molar-refractivity contribution in [3.8, 4) is 0 Å². The molecule has 1 atom stereocenters. The minimum atomic E-state index is -0.0292. The van der Waals surface area contributed by atoms with E-state index in [0.29, 0.717) is 31.7 Å². The molecule has 124 valence electrons. The van der Waals surface area contributed by atoms with Crippen LogP contribution < -0.4 is 0 Å². The number of hydrogen-bond acceptors (Lipinski definition) is 4. The summed E-state index contributed by atoms with van der Waals surface area (Å²) in [6.45, 7) is 2.33. The number of rotatable bonds is 2. The quantitative estimate of drug-likeness (QED) is 0.840. The van der Waals surface area contributed by atoms with Crippen LogP contribution in [0, 0.1) is 0 Å². The number of hydrogen-bond donors (Lipinski definition) is 0. The lowest BCUT2D eigenvalue weighted by Crippen LogP contribution is -2.52. The Morgan fingerprint density at radius 2 is 1.79 bits per heavy atom. The average Bonchev–Trinajstić information content (AvgIpc) is 3.30. The van der Waals surface area contributed by atoms with E-state index < -0.39 is 0 Å². The zero-order valence-electron chi connectivity index (χ0n) is 13.2. The summed E-state index contributed by atoms with van der Waals surface area (Å²) in [6, 6.07) is 9.88. The zero-order valence-corrected chi connectivity index (χ0v) is 14.0. The molecule has 1 unspecified atom stereocenters. The Balaban J connectivity index is 1.35. The minimum Gasteiger partial charge on any atom is -0.472 e. The molecule has 0 aliphatic carbocycles. The van der Waals surface area contributed by atoms with Crippen molar-refractivity contribution >= 4 is 23.6 Å². The summed E-state index contributed by atoms with van der Waals surface area (Å²) in [6.07, 6.45) is 3.77. The number of benzene rings is 1. The van der Waals surface area contributed by atoms with Crippen LogP contribution in [0.15, 0.2) is 52.2 Å². The third-order valence-corrected chi connectivity index (χ3v) is 5.87. The topological polar surface area (TPSA) is 53.8 Å². The van der Waals surface area contributed by atoms with Gasteiger partial charge in [0.05, 0.1) is 17.1 Å². The smallest absolute Gasteiger partial charge is 0.257 e. The van der Waals surface area contributed by atoms with Gasteiger partial charge < -0.3 is 14.2 Å². The van der Waals surface area contributed by atoms with E-state index in [0.717, 1.165) is 6.42 Å². The molecular formula is C18H18N2O3S. The van der Waals surface area contributed by atoms with Crippen molar-refractivity contribution < 1.29 is 14.0 Å². The van der Waals surface area contributed by atoms with Gasteiger partial charge in [0.1, 0.15) is 6.26 Å². The predicted octanol–water partition coefficient (Wildman–Crippen LogP) is 2.28. The highest BCUT2D eigenvalue weighted by Gasteiger charge is 2.33. The Kier molecular flexibility index (Phi) is 4.06. The lowest BCUT2D eigenvalue weighted by molar-refractivity contribution is -0.132. The second kappa shape index (κ2) is 6.36. The van der Waals surface area contributed by atoms with Crippen molar-refractivity contribution in [1.29, 1.82) is 0 Å². The fraction of sp³-hybridized carbons (Fsp3) is 0.333. The molecule has 0 spiro atoms. The van der Waals surface area contributed by atoms with Crippen LogP contribution in [0.1, 0.15) is 15.9 Å². The average molecular weight is 342 g/mol. The van der Waals surface area contributed by atoms with Gasteiger partial charge in [0, 0.05) is 31.1 Å². The van der Waals surface area contributed by atoms with Gasteiger partial charge in [-0.1, -0.05) is 18.2 Å². The number of carbonyl (C=O) groups is 2. The molecule has 2 aliphatic rings. The number of furan rings is 1. The number of piperazine rings is 1. The number of amides is 2. The first-order chi connectivity index (χ1) is 11.7. The van der Waals surface area contributed by atoms with E-state index in [4.69, 9.17) is 4.42 Å². The van der Waals surface area contributed by atoms with E-state index in [-0.39, 0.29) is 17.1 Å². The van der Waals surface area contributed by atoms with Crippen LogP contribution in [0.4, 0.5) is 0 Å². The molecule has 2 aromatic rings. The molecule has 0 bridgehead atoms. The van der Waals surface area contributed by atoms with Crippen LogP contribution in [0.25, 0.3) is 0 Å². The van der Waals surface area contributed by atoms with Crippen LogP contribution in [-0.2, 0) is 11.2 Å². The van der Waals surface area contributed by atoms with E-state index in [2.05, 4.69) is 12.1 Å². The van der Waals surface area contributed by atoms with Gasteiger partial charge in [0.15, 0.2) is 0 Å². The maximum absolute atomic E-state index is 12.8. The first-order valence-corrected chi connectivity index (χ1v) is 8.95. The van der Waals surface area contributed by atoms with Crippen molar-refractivity contribution in [2.45, 2.75) is 16.6 Å². The van der Waals surface area contributed by atoms with Crippen LogP contribution in [-0.4, -0.2) is 53.0 Å². The molecule has 1 aromatic heterocycles. The molecule has 4 rings (SSSR count). The van der Waals surface area contributed by atoms with E-state index in [1.807, 2.05) is 17.0 Å². The first-order valence-electron chi connectivity index (χ1n) is 8.07. The molecule has 2 amide bonds. The maximum Gasteiger partial charge on any atom is 0.257 e. The molecule has 2 aliphatic heterocycles. The monoisotopic (exact) mass is 342 g/mol. The van der Waals surface area contributed by atoms with Crippen LogP contribution in [0.2, 0.25) is 0 Å². The molecule has 6 heteroatoms. The van der Waals surface area contributed by atoms with Gasteiger partial charge in [-0.25, -0.2) is 0 Å². The van der Waals surface area contributed by atoms with E-state index >= 15 is 0 Å². The van der Waals surface area contributed by atoms with Crippen molar-refractivity contribution in [1.82, 2.24) is 9.80 Å². The minimum absolute atomic E-state index is 0.0291. The highest BCUT2D eigenvalue weighted by Crippen LogP contribution is 2.37. The Morgan fingerprint density at radius 1 is 1.04 bits per heavy atom. The zero-order chi connectivity index (χ0) is 16.5. The van der Waals surface area contributed by atoms with Crippen LogP contribution in [0.5, 0.6) is 0 Å². The largest absolute Gasteiger partial charge is 0.472 e. The normalized spacial score (nSPS) is 20.1. The molecule has 0 N–H and O–H groups in total. The molecule has 0 radical (unpaired) electrons. The maximum atomic E-state index is 12.8.